The van der Waals surface area contributed by atoms with Crippen LogP contribution in [0.4, 0.5) is 0 Å². The van der Waals surface area contributed by atoms with Crippen LogP contribution in [0.15, 0.2) is 18.2 Å². The van der Waals surface area contributed by atoms with Crippen molar-refractivity contribution in [2.24, 2.45) is 0 Å². The molecule has 20 heavy (non-hydrogen) atoms. The molecule has 1 N–H and O–H groups in total. The van der Waals surface area contributed by atoms with Crippen molar-refractivity contribution in [2.75, 3.05) is 32.1 Å². The van der Waals surface area contributed by atoms with Gasteiger partial charge < -0.3 is 10.0 Å². The topological polar surface area (TPSA) is 57.6 Å². The summed E-state index contributed by atoms with van der Waals surface area (Å²) in [5, 5.41) is 10.2. The average molecular weight is 299 g/mol. The van der Waals surface area contributed by atoms with E-state index in [0.29, 0.717) is 19.5 Å². The molecule has 0 aromatic heterocycles. The highest BCUT2D eigenvalue weighted by molar-refractivity contribution is 7.90. The number of aryl methyl sites for hydroxylation is 2. The fraction of sp³-hybridized carbons (Fsp3) is 0.600. The average Bonchev–Trinajstić information content (AvgIpc) is 2.31. The number of aliphatic hydroxyl groups is 1. The monoisotopic (exact) mass is 299 g/mol. The molecule has 0 aliphatic rings. The Morgan fingerprint density at radius 1 is 1.15 bits per heavy atom. The third-order valence-electron chi connectivity index (χ3n) is 3.26. The van der Waals surface area contributed by atoms with Gasteiger partial charge in [0.05, 0.1) is 11.9 Å². The summed E-state index contributed by atoms with van der Waals surface area (Å²) in [5.74, 6) is 0.156. The van der Waals surface area contributed by atoms with E-state index >= 15 is 0 Å². The van der Waals surface area contributed by atoms with Crippen LogP contribution in [0.1, 0.15) is 29.2 Å². The van der Waals surface area contributed by atoms with Gasteiger partial charge in [0.2, 0.25) is 0 Å². The Labute approximate surface area is 122 Å². The molecule has 114 valence electrons. The lowest BCUT2D eigenvalue weighted by Crippen LogP contribution is -2.27. The molecule has 0 heterocycles. The van der Waals surface area contributed by atoms with Gasteiger partial charge in [0, 0.05) is 19.3 Å². The van der Waals surface area contributed by atoms with E-state index in [1.165, 1.54) is 6.26 Å². The second-order valence-corrected chi connectivity index (χ2v) is 7.92. The van der Waals surface area contributed by atoms with Crippen molar-refractivity contribution in [3.63, 3.8) is 0 Å². The SMILES string of the molecule is Cc1cc(C)cc(C(O)CCN(C)CCS(C)(=O)=O)c1. The molecule has 1 aromatic rings. The summed E-state index contributed by atoms with van der Waals surface area (Å²) in [7, 11) is -1.05. The van der Waals surface area contributed by atoms with Crippen molar-refractivity contribution in [3.8, 4) is 0 Å². The first-order valence-corrected chi connectivity index (χ1v) is 8.86. The molecule has 1 unspecified atom stereocenters. The zero-order chi connectivity index (χ0) is 15.3. The summed E-state index contributed by atoms with van der Waals surface area (Å²) in [4.78, 5) is 1.94. The van der Waals surface area contributed by atoms with E-state index in [4.69, 9.17) is 0 Å². The highest BCUT2D eigenvalue weighted by atomic mass is 32.2. The standard InChI is InChI=1S/C15H25NO3S/c1-12-9-13(2)11-14(10-12)15(17)5-6-16(3)7-8-20(4,18)19/h9-11,15,17H,5-8H2,1-4H3. The van der Waals surface area contributed by atoms with Gasteiger partial charge in [-0.3, -0.25) is 0 Å². The number of benzene rings is 1. The highest BCUT2D eigenvalue weighted by Crippen LogP contribution is 2.19. The van der Waals surface area contributed by atoms with Gasteiger partial charge in [0.1, 0.15) is 9.84 Å². The Bertz CT molecular complexity index is 520. The summed E-state index contributed by atoms with van der Waals surface area (Å²) < 4.78 is 22.2. The predicted molar refractivity (Wildman–Crippen MR) is 82.7 cm³/mol. The first kappa shape index (κ1) is 17.1. The summed E-state index contributed by atoms with van der Waals surface area (Å²) in [6, 6.07) is 6.07. The molecule has 0 amide bonds. The molecule has 0 saturated heterocycles. The predicted octanol–water partition coefficient (Wildman–Crippen LogP) is 1.70. The first-order valence-electron chi connectivity index (χ1n) is 6.80. The second kappa shape index (κ2) is 7.20. The van der Waals surface area contributed by atoms with Crippen molar-refractivity contribution in [1.29, 1.82) is 0 Å². The van der Waals surface area contributed by atoms with Crippen molar-refractivity contribution < 1.29 is 13.5 Å². The number of aliphatic hydroxyl groups excluding tert-OH is 1. The minimum Gasteiger partial charge on any atom is -0.388 e. The number of sulfone groups is 1. The van der Waals surface area contributed by atoms with Crippen molar-refractivity contribution in [3.05, 3.63) is 34.9 Å². The Kier molecular flexibility index (Phi) is 6.17. The van der Waals surface area contributed by atoms with Gasteiger partial charge in [0.15, 0.2) is 0 Å². The van der Waals surface area contributed by atoms with Crippen molar-refractivity contribution in [2.45, 2.75) is 26.4 Å². The molecule has 1 rings (SSSR count). The molecular formula is C15H25NO3S. The zero-order valence-corrected chi connectivity index (χ0v) is 13.6. The van der Waals surface area contributed by atoms with E-state index < -0.39 is 15.9 Å². The fourth-order valence-corrected chi connectivity index (χ4v) is 2.79. The summed E-state index contributed by atoms with van der Waals surface area (Å²) >= 11 is 0. The minimum absolute atomic E-state index is 0.156. The molecule has 0 bridgehead atoms. The number of hydrogen-bond acceptors (Lipinski definition) is 4. The van der Waals surface area contributed by atoms with E-state index in [-0.39, 0.29) is 5.75 Å². The second-order valence-electron chi connectivity index (χ2n) is 5.66. The van der Waals surface area contributed by atoms with Gasteiger partial charge in [-0.1, -0.05) is 29.3 Å². The van der Waals surface area contributed by atoms with Crippen LogP contribution in [-0.2, 0) is 9.84 Å². The van der Waals surface area contributed by atoms with Crippen molar-refractivity contribution in [1.82, 2.24) is 4.90 Å². The van der Waals surface area contributed by atoms with Crippen molar-refractivity contribution >= 4 is 9.84 Å². The van der Waals surface area contributed by atoms with Crippen LogP contribution in [-0.4, -0.2) is 50.6 Å². The molecule has 0 aliphatic carbocycles. The van der Waals surface area contributed by atoms with Crippen LogP contribution in [0, 0.1) is 13.8 Å². The molecule has 0 spiro atoms. The Balaban J connectivity index is 2.48. The molecule has 1 atom stereocenters. The van der Waals surface area contributed by atoms with Crippen LogP contribution < -0.4 is 0 Å². The molecule has 0 saturated carbocycles. The minimum atomic E-state index is -2.93. The van der Waals surface area contributed by atoms with E-state index in [2.05, 4.69) is 6.07 Å². The maximum Gasteiger partial charge on any atom is 0.148 e. The number of rotatable bonds is 7. The molecule has 4 nitrogen and oxygen atoms in total. The summed E-state index contributed by atoms with van der Waals surface area (Å²) in [5.41, 5.74) is 3.22. The fourth-order valence-electron chi connectivity index (χ4n) is 2.15. The van der Waals surface area contributed by atoms with Gasteiger partial charge in [-0.05, 0) is 32.9 Å². The lowest BCUT2D eigenvalue weighted by Gasteiger charge is -2.19. The lowest BCUT2D eigenvalue weighted by atomic mass is 10.0. The molecule has 0 radical (unpaired) electrons. The largest absolute Gasteiger partial charge is 0.388 e. The third-order valence-corrected chi connectivity index (χ3v) is 4.18. The van der Waals surface area contributed by atoms with Crippen LogP contribution >= 0.6 is 0 Å². The van der Waals surface area contributed by atoms with E-state index in [0.717, 1.165) is 16.7 Å². The van der Waals surface area contributed by atoms with E-state index in [1.807, 2.05) is 37.9 Å². The first-order chi connectivity index (χ1) is 9.17. The lowest BCUT2D eigenvalue weighted by molar-refractivity contribution is 0.150. The van der Waals surface area contributed by atoms with Gasteiger partial charge >= 0.3 is 0 Å². The number of nitrogens with zero attached hydrogens (tertiary/aromatic N) is 1. The maximum atomic E-state index is 11.1. The Morgan fingerprint density at radius 2 is 1.70 bits per heavy atom. The van der Waals surface area contributed by atoms with Gasteiger partial charge in [-0.2, -0.15) is 0 Å². The molecule has 1 aromatic carbocycles. The van der Waals surface area contributed by atoms with Crippen LogP contribution in [0.5, 0.6) is 0 Å². The number of hydrogen-bond donors (Lipinski definition) is 1. The highest BCUT2D eigenvalue weighted by Gasteiger charge is 2.11. The van der Waals surface area contributed by atoms with Gasteiger partial charge in [-0.25, -0.2) is 8.42 Å². The Hall–Kier alpha value is -0.910. The zero-order valence-electron chi connectivity index (χ0n) is 12.8. The van der Waals surface area contributed by atoms with E-state index in [9.17, 15) is 13.5 Å². The molecular weight excluding hydrogens is 274 g/mol. The van der Waals surface area contributed by atoms with Crippen LogP contribution in [0.2, 0.25) is 0 Å². The van der Waals surface area contributed by atoms with Crippen LogP contribution in [0.3, 0.4) is 0 Å². The van der Waals surface area contributed by atoms with Gasteiger partial charge in [0.25, 0.3) is 0 Å². The van der Waals surface area contributed by atoms with E-state index in [1.54, 1.807) is 0 Å². The van der Waals surface area contributed by atoms with Gasteiger partial charge in [-0.15, -0.1) is 0 Å². The molecule has 5 heteroatoms. The molecule has 0 fully saturated rings. The molecule has 0 aliphatic heterocycles. The third kappa shape index (κ3) is 6.50. The summed E-state index contributed by atoms with van der Waals surface area (Å²) in [6.45, 7) is 5.20. The normalized spacial score (nSPS) is 13.7. The van der Waals surface area contributed by atoms with Crippen LogP contribution in [0.25, 0.3) is 0 Å². The summed E-state index contributed by atoms with van der Waals surface area (Å²) in [6.07, 6.45) is 1.34. The smallest absolute Gasteiger partial charge is 0.148 e. The quantitative estimate of drug-likeness (QED) is 0.832. The maximum absolute atomic E-state index is 11.1. The Morgan fingerprint density at radius 3 is 2.20 bits per heavy atom.